The number of alkyl halides is 3. The zero-order valence-electron chi connectivity index (χ0n) is 31.2. The van der Waals surface area contributed by atoms with Crippen LogP contribution in [0.25, 0.3) is 5.69 Å². The number of likely N-dealkylation sites (N-methyl/N-ethyl adjacent to an activating group) is 1. The summed E-state index contributed by atoms with van der Waals surface area (Å²) in [6, 6.07) is 18.7. The Hall–Kier alpha value is -5.29. The molecule has 1 aliphatic rings. The maximum absolute atomic E-state index is 13.8. The van der Waals surface area contributed by atoms with E-state index in [4.69, 9.17) is 19.3 Å². The van der Waals surface area contributed by atoms with Gasteiger partial charge in [-0.1, -0.05) is 18.2 Å². The summed E-state index contributed by atoms with van der Waals surface area (Å²) in [7, 11) is 1.94. The molecular weight excluding hydrogens is 733 g/mol. The quantitative estimate of drug-likeness (QED) is 0.0869. The van der Waals surface area contributed by atoms with Gasteiger partial charge in [-0.15, -0.1) is 0 Å². The van der Waals surface area contributed by atoms with Crippen LogP contribution in [-0.2, 0) is 31.7 Å². The lowest BCUT2D eigenvalue weighted by Crippen LogP contribution is -2.29. The van der Waals surface area contributed by atoms with Crippen LogP contribution in [0.4, 0.5) is 30.4 Å². The first kappa shape index (κ1) is 41.9. The molecule has 300 valence electrons. The maximum atomic E-state index is 13.8. The molecular formula is C40H47F3N6O7. The first-order chi connectivity index (χ1) is 27.0. The first-order valence-electron chi connectivity index (χ1n) is 18.4. The largest absolute Gasteiger partial charge is 0.481 e. The summed E-state index contributed by atoms with van der Waals surface area (Å²) in [6.07, 6.45) is 0.0757. The molecule has 1 fully saturated rings. The fraction of sp³-hybridized carbons (Fsp3) is 0.400. The van der Waals surface area contributed by atoms with E-state index < -0.39 is 29.5 Å². The Morgan fingerprint density at radius 2 is 1.52 bits per heavy atom. The molecule has 1 aliphatic heterocycles. The van der Waals surface area contributed by atoms with E-state index in [0.29, 0.717) is 57.4 Å². The van der Waals surface area contributed by atoms with Crippen LogP contribution in [-0.4, -0.2) is 104 Å². The molecule has 3 aromatic carbocycles. The molecule has 4 aromatic rings. The number of halogens is 3. The number of benzene rings is 3. The van der Waals surface area contributed by atoms with Crippen LogP contribution in [0.2, 0.25) is 0 Å². The number of piperidine rings is 1. The van der Waals surface area contributed by atoms with Crippen LogP contribution in [0, 0.1) is 0 Å². The second kappa shape index (κ2) is 20.6. The minimum absolute atomic E-state index is 0.0413. The number of rotatable bonds is 20. The lowest BCUT2D eigenvalue weighted by atomic mass is 10.1. The third-order valence-corrected chi connectivity index (χ3v) is 8.95. The molecule has 16 heteroatoms. The Labute approximate surface area is 323 Å². The van der Waals surface area contributed by atoms with Crippen LogP contribution in [0.5, 0.6) is 0 Å². The van der Waals surface area contributed by atoms with Crippen LogP contribution >= 0.6 is 0 Å². The molecule has 13 nitrogen and oxygen atoms in total. The fourth-order valence-electron chi connectivity index (χ4n) is 6.04. The number of carboxylic acid groups (broad SMARTS) is 1. The van der Waals surface area contributed by atoms with Gasteiger partial charge in [0.05, 0.1) is 68.6 Å². The number of hydrogen-bond donors (Lipinski definition) is 3. The number of aromatic nitrogens is 2. The van der Waals surface area contributed by atoms with E-state index in [1.807, 2.05) is 19.2 Å². The summed E-state index contributed by atoms with van der Waals surface area (Å²) >= 11 is 0. The number of ether oxygens (including phenoxy) is 3. The number of carboxylic acids is 1. The summed E-state index contributed by atoms with van der Waals surface area (Å²) in [5.74, 6) is -1.72. The maximum Gasteiger partial charge on any atom is 0.416 e. The monoisotopic (exact) mass is 780 g/mol. The van der Waals surface area contributed by atoms with Gasteiger partial charge >= 0.3 is 12.1 Å². The third-order valence-electron chi connectivity index (χ3n) is 8.95. The van der Waals surface area contributed by atoms with Gasteiger partial charge in [0.1, 0.15) is 0 Å². The number of hydrogen-bond acceptors (Lipinski definition) is 9. The average Bonchev–Trinajstić information content (AvgIpc) is 3.65. The predicted molar refractivity (Wildman–Crippen MR) is 204 cm³/mol. The molecule has 0 bridgehead atoms. The lowest BCUT2D eigenvalue weighted by molar-refractivity contribution is -0.139. The van der Waals surface area contributed by atoms with E-state index in [1.54, 1.807) is 30.3 Å². The molecule has 5 rings (SSSR count). The van der Waals surface area contributed by atoms with Crippen LogP contribution in [0.15, 0.2) is 79.0 Å². The smallest absolute Gasteiger partial charge is 0.416 e. The highest BCUT2D eigenvalue weighted by molar-refractivity contribution is 6.12. The Kier molecular flexibility index (Phi) is 15.4. The molecule has 0 radical (unpaired) electrons. The van der Waals surface area contributed by atoms with E-state index in [9.17, 15) is 27.6 Å². The van der Waals surface area contributed by atoms with E-state index in [1.165, 1.54) is 29.1 Å². The molecule has 2 amide bonds. The van der Waals surface area contributed by atoms with Gasteiger partial charge in [0.15, 0.2) is 5.82 Å². The number of nitrogens with zero attached hydrogens (tertiary/aromatic N) is 4. The Morgan fingerprint density at radius 3 is 2.25 bits per heavy atom. The van der Waals surface area contributed by atoms with Crippen molar-refractivity contribution in [3.8, 4) is 5.69 Å². The van der Waals surface area contributed by atoms with Gasteiger partial charge in [-0.2, -0.15) is 18.3 Å². The standard InChI is InChI=1S/C40H47F3N6O7/c1-47(18-20-55-22-24-56-23-21-54-19-14-37(50)51)28-29-7-5-8-30(25-29)38(52)44-35-12-11-32(48-15-3-2-4-16-48)27-34(35)39(53)45-36-13-17-49(46-36)33-10-6-9-31(26-33)40(41,42)43/h5-13,17,25-27H,2-4,14-16,18-24,28H2,1H3,(H,44,52)(H,50,51)(H,45,46,53). The molecule has 3 N–H and O–H groups in total. The Morgan fingerprint density at radius 1 is 0.804 bits per heavy atom. The van der Waals surface area contributed by atoms with E-state index in [2.05, 4.69) is 25.5 Å². The van der Waals surface area contributed by atoms with Gasteiger partial charge in [0.25, 0.3) is 11.8 Å². The highest BCUT2D eigenvalue weighted by Crippen LogP contribution is 2.31. The van der Waals surface area contributed by atoms with Crippen molar-refractivity contribution in [2.75, 3.05) is 81.9 Å². The van der Waals surface area contributed by atoms with Gasteiger partial charge < -0.3 is 34.9 Å². The van der Waals surface area contributed by atoms with Crippen LogP contribution in [0.1, 0.15) is 57.5 Å². The summed E-state index contributed by atoms with van der Waals surface area (Å²) < 4.78 is 57.4. The van der Waals surface area contributed by atoms with Crippen molar-refractivity contribution in [1.82, 2.24) is 14.7 Å². The van der Waals surface area contributed by atoms with E-state index in [0.717, 1.165) is 55.7 Å². The van der Waals surface area contributed by atoms with Crippen LogP contribution in [0.3, 0.4) is 0 Å². The van der Waals surface area contributed by atoms with Crippen LogP contribution < -0.4 is 15.5 Å². The van der Waals surface area contributed by atoms with E-state index in [-0.39, 0.29) is 30.1 Å². The van der Waals surface area contributed by atoms with Gasteiger partial charge in [-0.25, -0.2) is 4.68 Å². The topological polar surface area (TPSA) is 147 Å². The third kappa shape index (κ3) is 12.9. The SMILES string of the molecule is CN(CCOCCOCCOCCC(=O)O)Cc1cccc(C(=O)Nc2ccc(N3CCCCC3)cc2C(=O)Nc2ccn(-c3cccc(C(F)(F)F)c3)n2)c1. The molecule has 56 heavy (non-hydrogen) atoms. The normalized spacial score (nSPS) is 13.2. The summed E-state index contributed by atoms with van der Waals surface area (Å²) in [6.45, 7) is 4.95. The summed E-state index contributed by atoms with van der Waals surface area (Å²) in [4.78, 5) is 42.1. The van der Waals surface area contributed by atoms with Crippen molar-refractivity contribution in [3.05, 3.63) is 101 Å². The molecule has 0 atom stereocenters. The van der Waals surface area contributed by atoms with Crippen molar-refractivity contribution >= 4 is 35.0 Å². The first-order valence-corrected chi connectivity index (χ1v) is 18.4. The number of nitrogens with one attached hydrogen (secondary N) is 2. The minimum atomic E-state index is -4.52. The number of carbonyl (C=O) groups is 3. The number of aliphatic carboxylic acids is 1. The lowest BCUT2D eigenvalue weighted by Gasteiger charge is -2.29. The van der Waals surface area contributed by atoms with Gasteiger partial charge in [0.2, 0.25) is 0 Å². The Bertz CT molecular complexity index is 1910. The zero-order chi connectivity index (χ0) is 39.9. The minimum Gasteiger partial charge on any atom is -0.481 e. The van der Waals surface area contributed by atoms with Crippen molar-refractivity contribution in [2.45, 2.75) is 38.4 Å². The molecule has 0 unspecified atom stereocenters. The van der Waals surface area contributed by atoms with E-state index >= 15 is 0 Å². The molecule has 2 heterocycles. The second-order valence-electron chi connectivity index (χ2n) is 13.3. The Balaban J connectivity index is 1.18. The van der Waals surface area contributed by atoms with Crippen molar-refractivity contribution in [1.29, 1.82) is 0 Å². The van der Waals surface area contributed by atoms with Gasteiger partial charge in [-0.05, 0) is 80.4 Å². The summed E-state index contributed by atoms with van der Waals surface area (Å²) in [5.41, 5.74) is 2.01. The number of amides is 2. The number of carbonyl (C=O) groups excluding carboxylic acids is 2. The second-order valence-corrected chi connectivity index (χ2v) is 13.3. The molecule has 0 aliphatic carbocycles. The van der Waals surface area contributed by atoms with Crippen molar-refractivity contribution in [2.24, 2.45) is 0 Å². The molecule has 1 aromatic heterocycles. The fourth-order valence-corrected chi connectivity index (χ4v) is 6.04. The van der Waals surface area contributed by atoms with Crippen molar-refractivity contribution in [3.63, 3.8) is 0 Å². The molecule has 0 saturated carbocycles. The zero-order valence-corrected chi connectivity index (χ0v) is 31.2. The number of anilines is 3. The molecule has 1 saturated heterocycles. The van der Waals surface area contributed by atoms with Gasteiger partial charge in [-0.3, -0.25) is 19.3 Å². The highest BCUT2D eigenvalue weighted by atomic mass is 19.4. The highest BCUT2D eigenvalue weighted by Gasteiger charge is 2.30. The van der Waals surface area contributed by atoms with Gasteiger partial charge in [0, 0.05) is 49.7 Å². The van der Waals surface area contributed by atoms with Crippen molar-refractivity contribution < 1.29 is 46.9 Å². The molecule has 0 spiro atoms. The summed E-state index contributed by atoms with van der Waals surface area (Å²) in [5, 5.41) is 18.5. The predicted octanol–water partition coefficient (Wildman–Crippen LogP) is 6.34. The average molecular weight is 781 g/mol.